The minimum atomic E-state index is -0.842. The van der Waals surface area contributed by atoms with Crippen LogP contribution in [0.1, 0.15) is 46.5 Å². The first-order chi connectivity index (χ1) is 13.2. The number of rotatable bonds is 4. The lowest BCUT2D eigenvalue weighted by molar-refractivity contribution is -0.0423. The lowest BCUT2D eigenvalue weighted by Crippen LogP contribution is -2.61. The third-order valence-corrected chi connectivity index (χ3v) is 6.35. The fourth-order valence-electron chi connectivity index (χ4n) is 4.97. The Morgan fingerprint density at radius 2 is 2.04 bits per heavy atom. The van der Waals surface area contributed by atoms with Crippen LogP contribution >= 0.6 is 0 Å². The number of fused-ring (bicyclic) bond motifs is 2. The standard InChI is InChI=1S/C21H30N2O5/c1-20(2,3)21-10-9-15(23(21)19(25)26)11-14(12-21)13-28-18(24)22-16-7-5-6-8-17(16)27-4/h5-8,14-15H,9-13H2,1-4H3,(H,22,24)(H,25,26). The average molecular weight is 390 g/mol. The van der Waals surface area contributed by atoms with Gasteiger partial charge in [-0.2, -0.15) is 0 Å². The molecule has 7 nitrogen and oxygen atoms in total. The van der Waals surface area contributed by atoms with Crippen molar-refractivity contribution in [2.45, 2.75) is 58.0 Å². The van der Waals surface area contributed by atoms with Crippen LogP contribution in [0.2, 0.25) is 0 Å². The number of benzene rings is 1. The Hall–Kier alpha value is -2.44. The van der Waals surface area contributed by atoms with Gasteiger partial charge in [-0.25, -0.2) is 9.59 Å². The largest absolute Gasteiger partial charge is 0.495 e. The van der Waals surface area contributed by atoms with Crippen molar-refractivity contribution in [3.63, 3.8) is 0 Å². The van der Waals surface area contributed by atoms with Gasteiger partial charge in [0.25, 0.3) is 0 Å². The number of carbonyl (C=O) groups excluding carboxylic acids is 1. The summed E-state index contributed by atoms with van der Waals surface area (Å²) in [7, 11) is 1.55. The van der Waals surface area contributed by atoms with Crippen molar-refractivity contribution in [2.75, 3.05) is 19.0 Å². The smallest absolute Gasteiger partial charge is 0.411 e. The highest BCUT2D eigenvalue weighted by molar-refractivity contribution is 5.86. The first kappa shape index (κ1) is 20.3. The Labute approximate surface area is 166 Å². The van der Waals surface area contributed by atoms with E-state index >= 15 is 0 Å². The Morgan fingerprint density at radius 3 is 2.68 bits per heavy atom. The molecule has 0 radical (unpaired) electrons. The van der Waals surface area contributed by atoms with E-state index in [4.69, 9.17) is 9.47 Å². The van der Waals surface area contributed by atoms with Crippen LogP contribution < -0.4 is 10.1 Å². The van der Waals surface area contributed by atoms with Crippen molar-refractivity contribution in [1.29, 1.82) is 0 Å². The van der Waals surface area contributed by atoms with Crippen molar-refractivity contribution in [1.82, 2.24) is 4.90 Å². The highest BCUT2D eigenvalue weighted by Crippen LogP contribution is 2.54. The van der Waals surface area contributed by atoms with Gasteiger partial charge in [-0.3, -0.25) is 10.2 Å². The number of nitrogens with zero attached hydrogens (tertiary/aromatic N) is 1. The number of hydrogen-bond donors (Lipinski definition) is 2. The molecule has 1 aromatic rings. The average Bonchev–Trinajstić information content (AvgIpc) is 2.89. The number of carbonyl (C=O) groups is 2. The van der Waals surface area contributed by atoms with Gasteiger partial charge in [0.2, 0.25) is 0 Å². The molecule has 2 aliphatic heterocycles. The summed E-state index contributed by atoms with van der Waals surface area (Å²) in [5.41, 5.74) is -0.0326. The molecule has 3 unspecified atom stereocenters. The van der Waals surface area contributed by atoms with E-state index in [1.165, 1.54) is 0 Å². The van der Waals surface area contributed by atoms with E-state index in [1.807, 2.05) is 12.1 Å². The number of methoxy groups -OCH3 is 1. The highest BCUT2D eigenvalue weighted by atomic mass is 16.5. The number of piperidine rings is 1. The fourth-order valence-corrected chi connectivity index (χ4v) is 4.97. The molecular formula is C21H30N2O5. The minimum absolute atomic E-state index is 0.00338. The Balaban J connectivity index is 1.65. The van der Waals surface area contributed by atoms with Crippen LogP contribution in [0, 0.1) is 11.3 Å². The quantitative estimate of drug-likeness (QED) is 0.785. The summed E-state index contributed by atoms with van der Waals surface area (Å²) in [6.07, 6.45) is 1.80. The molecule has 2 saturated heterocycles. The number of anilines is 1. The van der Waals surface area contributed by atoms with E-state index in [9.17, 15) is 14.7 Å². The molecular weight excluding hydrogens is 360 g/mol. The molecule has 0 aromatic heterocycles. The molecule has 2 heterocycles. The summed E-state index contributed by atoms with van der Waals surface area (Å²) >= 11 is 0. The van der Waals surface area contributed by atoms with Crippen molar-refractivity contribution in [3.8, 4) is 5.75 Å². The Bertz CT molecular complexity index is 745. The van der Waals surface area contributed by atoms with Gasteiger partial charge in [-0.05, 0) is 49.1 Å². The third-order valence-electron chi connectivity index (χ3n) is 6.35. The summed E-state index contributed by atoms with van der Waals surface area (Å²) in [5, 5.41) is 12.5. The predicted octanol–water partition coefficient (Wildman–Crippen LogP) is 4.58. The number of amides is 2. The van der Waals surface area contributed by atoms with E-state index in [1.54, 1.807) is 24.1 Å². The second-order valence-corrected chi connectivity index (χ2v) is 8.86. The monoisotopic (exact) mass is 390 g/mol. The summed E-state index contributed by atoms with van der Waals surface area (Å²) < 4.78 is 10.7. The SMILES string of the molecule is COc1ccccc1NC(=O)OCC1CC2CCC(C(C)(C)C)(C1)N2C(=O)O. The molecule has 2 fully saturated rings. The van der Waals surface area contributed by atoms with Crippen molar-refractivity contribution in [3.05, 3.63) is 24.3 Å². The van der Waals surface area contributed by atoms with E-state index in [0.29, 0.717) is 17.9 Å². The molecule has 3 atom stereocenters. The first-order valence-electron chi connectivity index (χ1n) is 9.77. The van der Waals surface area contributed by atoms with Gasteiger partial charge < -0.3 is 14.6 Å². The summed E-state index contributed by atoms with van der Waals surface area (Å²) in [6.45, 7) is 6.58. The van der Waals surface area contributed by atoms with Crippen LogP contribution in [0.3, 0.4) is 0 Å². The summed E-state index contributed by atoms with van der Waals surface area (Å²) in [5.74, 6) is 0.713. The molecule has 0 spiro atoms. The Morgan fingerprint density at radius 1 is 1.32 bits per heavy atom. The lowest BCUT2D eigenvalue weighted by atomic mass is 9.66. The molecule has 3 rings (SSSR count). The topological polar surface area (TPSA) is 88.1 Å². The second kappa shape index (κ2) is 7.53. The number of para-hydroxylation sites is 2. The molecule has 2 aliphatic rings. The van der Waals surface area contributed by atoms with E-state index in [0.717, 1.165) is 19.3 Å². The summed E-state index contributed by atoms with van der Waals surface area (Å²) in [4.78, 5) is 25.9. The van der Waals surface area contributed by atoms with Crippen LogP contribution in [0.15, 0.2) is 24.3 Å². The molecule has 0 saturated carbocycles. The van der Waals surface area contributed by atoms with Crippen LogP contribution in [0.4, 0.5) is 15.3 Å². The lowest BCUT2D eigenvalue weighted by Gasteiger charge is -2.53. The zero-order chi connectivity index (χ0) is 20.5. The maximum atomic E-state index is 12.3. The van der Waals surface area contributed by atoms with Crippen LogP contribution in [-0.2, 0) is 4.74 Å². The zero-order valence-electron chi connectivity index (χ0n) is 17.0. The Kier molecular flexibility index (Phi) is 5.46. The number of hydrogen-bond acceptors (Lipinski definition) is 4. The second-order valence-electron chi connectivity index (χ2n) is 8.86. The molecule has 7 heteroatoms. The number of ether oxygens (including phenoxy) is 2. The van der Waals surface area contributed by atoms with Gasteiger partial charge in [0.15, 0.2) is 0 Å². The number of nitrogens with one attached hydrogen (secondary N) is 1. The van der Waals surface area contributed by atoms with Gasteiger partial charge >= 0.3 is 12.2 Å². The van der Waals surface area contributed by atoms with E-state index in [2.05, 4.69) is 26.1 Å². The zero-order valence-corrected chi connectivity index (χ0v) is 17.0. The predicted molar refractivity (Wildman–Crippen MR) is 106 cm³/mol. The molecule has 28 heavy (non-hydrogen) atoms. The van der Waals surface area contributed by atoms with Gasteiger partial charge in [0.05, 0.1) is 24.9 Å². The van der Waals surface area contributed by atoms with Crippen LogP contribution in [0.25, 0.3) is 0 Å². The van der Waals surface area contributed by atoms with Crippen molar-refractivity contribution in [2.24, 2.45) is 11.3 Å². The van der Waals surface area contributed by atoms with Crippen molar-refractivity contribution < 1.29 is 24.2 Å². The highest BCUT2D eigenvalue weighted by Gasteiger charge is 2.59. The fraction of sp³-hybridized carbons (Fsp3) is 0.619. The van der Waals surface area contributed by atoms with Crippen molar-refractivity contribution >= 4 is 17.9 Å². The van der Waals surface area contributed by atoms with E-state index in [-0.39, 0.29) is 24.0 Å². The van der Waals surface area contributed by atoms with Crippen LogP contribution in [0.5, 0.6) is 5.75 Å². The number of carboxylic acid groups (broad SMARTS) is 1. The molecule has 0 aliphatic carbocycles. The third kappa shape index (κ3) is 3.62. The van der Waals surface area contributed by atoms with Gasteiger partial charge in [-0.1, -0.05) is 32.9 Å². The normalized spacial score (nSPS) is 26.6. The summed E-state index contributed by atoms with van der Waals surface area (Å²) in [6, 6.07) is 7.15. The van der Waals surface area contributed by atoms with Crippen LogP contribution in [-0.4, -0.2) is 47.5 Å². The van der Waals surface area contributed by atoms with E-state index < -0.39 is 17.7 Å². The maximum Gasteiger partial charge on any atom is 0.411 e. The van der Waals surface area contributed by atoms with Gasteiger partial charge in [-0.15, -0.1) is 0 Å². The molecule has 1 aromatic carbocycles. The molecule has 2 N–H and O–H groups in total. The van der Waals surface area contributed by atoms with Gasteiger partial charge in [0, 0.05) is 6.04 Å². The first-order valence-corrected chi connectivity index (χ1v) is 9.77. The minimum Gasteiger partial charge on any atom is -0.495 e. The van der Waals surface area contributed by atoms with Gasteiger partial charge in [0.1, 0.15) is 5.75 Å². The molecule has 2 amide bonds. The maximum absolute atomic E-state index is 12.3. The molecule has 154 valence electrons. The molecule has 2 bridgehead atoms.